The maximum Gasteiger partial charge on any atom is 0.242 e. The van der Waals surface area contributed by atoms with Gasteiger partial charge in [0.2, 0.25) is 11.8 Å². The summed E-state index contributed by atoms with van der Waals surface area (Å²) >= 11 is 1.81. The van der Waals surface area contributed by atoms with Crippen molar-refractivity contribution in [2.75, 3.05) is 25.9 Å². The fraction of sp³-hybridized carbons (Fsp3) is 0.778. The summed E-state index contributed by atoms with van der Waals surface area (Å²) < 4.78 is 0.257. The van der Waals surface area contributed by atoms with Gasteiger partial charge in [-0.2, -0.15) is 11.8 Å². The number of nitrogens with zero attached hydrogens (tertiary/aromatic N) is 1. The number of amides is 2. The first kappa shape index (κ1) is 9.83. The van der Waals surface area contributed by atoms with Crippen molar-refractivity contribution in [1.29, 1.82) is 0 Å². The molecule has 1 saturated carbocycles. The Morgan fingerprint density at radius 3 is 2.79 bits per heavy atom. The Hall–Kier alpha value is -0.710. The van der Waals surface area contributed by atoms with Gasteiger partial charge in [0.05, 0.1) is 13.1 Å². The number of hydrogen-bond donors (Lipinski definition) is 1. The molecule has 1 heterocycles. The molecule has 0 atom stereocenters. The molecule has 78 valence electrons. The van der Waals surface area contributed by atoms with Crippen LogP contribution >= 0.6 is 11.8 Å². The molecule has 1 saturated heterocycles. The molecule has 0 radical (unpaired) electrons. The fourth-order valence-corrected chi connectivity index (χ4v) is 2.46. The molecular formula is C9H14N2O2S. The SMILES string of the molecule is CSC1(CN2CC(=O)NCC2=O)CC1. The van der Waals surface area contributed by atoms with Crippen molar-refractivity contribution in [3.05, 3.63) is 0 Å². The van der Waals surface area contributed by atoms with Crippen molar-refractivity contribution in [3.8, 4) is 0 Å². The van der Waals surface area contributed by atoms with Crippen molar-refractivity contribution in [2.45, 2.75) is 17.6 Å². The van der Waals surface area contributed by atoms with Crippen LogP contribution < -0.4 is 5.32 Å². The number of thioether (sulfide) groups is 1. The summed E-state index contributed by atoms with van der Waals surface area (Å²) in [6, 6.07) is 0. The molecule has 14 heavy (non-hydrogen) atoms. The summed E-state index contributed by atoms with van der Waals surface area (Å²) in [7, 11) is 0. The summed E-state index contributed by atoms with van der Waals surface area (Å²) in [6.45, 7) is 1.14. The van der Waals surface area contributed by atoms with Gasteiger partial charge in [0, 0.05) is 11.3 Å². The summed E-state index contributed by atoms with van der Waals surface area (Å²) in [6.07, 6.45) is 4.40. The standard InChI is InChI=1S/C9H14N2O2S/c1-14-9(2-3-9)6-11-5-7(12)10-4-8(11)13/h2-6H2,1H3,(H,10,12). The van der Waals surface area contributed by atoms with Gasteiger partial charge in [-0.15, -0.1) is 0 Å². The van der Waals surface area contributed by atoms with Gasteiger partial charge < -0.3 is 10.2 Å². The average Bonchev–Trinajstić information content (AvgIpc) is 2.92. The van der Waals surface area contributed by atoms with Crippen molar-refractivity contribution in [2.24, 2.45) is 0 Å². The number of rotatable bonds is 3. The molecular weight excluding hydrogens is 200 g/mol. The monoisotopic (exact) mass is 214 g/mol. The number of carbonyl (C=O) groups excluding carboxylic acids is 2. The van der Waals surface area contributed by atoms with Crippen LogP contribution in [-0.2, 0) is 9.59 Å². The summed E-state index contributed by atoms with van der Waals surface area (Å²) in [5.74, 6) is 0.00595. The van der Waals surface area contributed by atoms with E-state index in [0.29, 0.717) is 0 Å². The van der Waals surface area contributed by atoms with E-state index in [0.717, 1.165) is 6.54 Å². The van der Waals surface area contributed by atoms with Gasteiger partial charge >= 0.3 is 0 Å². The average molecular weight is 214 g/mol. The third kappa shape index (κ3) is 1.87. The second kappa shape index (κ2) is 3.46. The highest BCUT2D eigenvalue weighted by Gasteiger charge is 2.44. The Morgan fingerprint density at radius 2 is 2.21 bits per heavy atom. The van der Waals surface area contributed by atoms with Crippen LogP contribution in [0.3, 0.4) is 0 Å². The lowest BCUT2D eigenvalue weighted by Crippen LogP contribution is -2.53. The summed E-state index contributed by atoms with van der Waals surface area (Å²) in [4.78, 5) is 24.2. The lowest BCUT2D eigenvalue weighted by Gasteiger charge is -2.29. The maximum absolute atomic E-state index is 11.5. The topological polar surface area (TPSA) is 49.4 Å². The summed E-state index contributed by atoms with van der Waals surface area (Å²) in [5, 5.41) is 2.55. The largest absolute Gasteiger partial charge is 0.345 e. The Bertz CT molecular complexity index is 276. The number of hydrogen-bond acceptors (Lipinski definition) is 3. The molecule has 5 heteroatoms. The van der Waals surface area contributed by atoms with E-state index in [1.807, 2.05) is 11.8 Å². The molecule has 1 N–H and O–H groups in total. The maximum atomic E-state index is 11.5. The molecule has 0 unspecified atom stereocenters. The number of nitrogens with one attached hydrogen (secondary N) is 1. The highest BCUT2D eigenvalue weighted by atomic mass is 32.2. The van der Waals surface area contributed by atoms with Crippen LogP contribution in [0.25, 0.3) is 0 Å². The molecule has 2 amide bonds. The number of carbonyl (C=O) groups is 2. The number of piperazine rings is 1. The zero-order valence-corrected chi connectivity index (χ0v) is 9.02. The molecule has 1 aliphatic heterocycles. The van der Waals surface area contributed by atoms with Crippen LogP contribution in [0.1, 0.15) is 12.8 Å². The smallest absolute Gasteiger partial charge is 0.242 e. The van der Waals surface area contributed by atoms with E-state index in [9.17, 15) is 9.59 Å². The molecule has 2 rings (SSSR count). The first-order valence-corrected chi connectivity index (χ1v) is 5.97. The molecule has 4 nitrogen and oxygen atoms in total. The normalized spacial score (nSPS) is 24.8. The van der Waals surface area contributed by atoms with Gasteiger partial charge in [-0.3, -0.25) is 9.59 Å². The Labute approximate surface area is 87.4 Å². The van der Waals surface area contributed by atoms with E-state index in [4.69, 9.17) is 0 Å². The van der Waals surface area contributed by atoms with Crippen LogP contribution in [-0.4, -0.2) is 47.4 Å². The molecule has 1 aliphatic carbocycles. The van der Waals surface area contributed by atoms with E-state index < -0.39 is 0 Å². The van der Waals surface area contributed by atoms with Crippen LogP contribution in [0.15, 0.2) is 0 Å². The van der Waals surface area contributed by atoms with Crippen molar-refractivity contribution >= 4 is 23.6 Å². The zero-order valence-electron chi connectivity index (χ0n) is 8.21. The molecule has 0 spiro atoms. The Kier molecular flexibility index (Phi) is 2.43. The lowest BCUT2D eigenvalue weighted by molar-refractivity contribution is -0.140. The minimum atomic E-state index is -0.0403. The first-order valence-electron chi connectivity index (χ1n) is 4.75. The van der Waals surface area contributed by atoms with Gasteiger partial charge in [0.1, 0.15) is 0 Å². The highest BCUT2D eigenvalue weighted by molar-refractivity contribution is 8.00. The van der Waals surface area contributed by atoms with Crippen molar-refractivity contribution in [1.82, 2.24) is 10.2 Å². The van der Waals surface area contributed by atoms with Gasteiger partial charge in [0.15, 0.2) is 0 Å². The second-order valence-corrected chi connectivity index (χ2v) is 5.19. The van der Waals surface area contributed by atoms with Crippen LogP contribution in [0.5, 0.6) is 0 Å². The van der Waals surface area contributed by atoms with Gasteiger partial charge in [0.25, 0.3) is 0 Å². The van der Waals surface area contributed by atoms with Crippen molar-refractivity contribution < 1.29 is 9.59 Å². The highest BCUT2D eigenvalue weighted by Crippen LogP contribution is 2.47. The molecule has 0 aromatic carbocycles. The van der Waals surface area contributed by atoms with E-state index >= 15 is 0 Å². The minimum absolute atomic E-state index is 0.0403. The Balaban J connectivity index is 1.95. The summed E-state index contributed by atoms with van der Waals surface area (Å²) in [5.41, 5.74) is 0. The fourth-order valence-electron chi connectivity index (χ4n) is 1.66. The van der Waals surface area contributed by atoms with Crippen LogP contribution in [0.2, 0.25) is 0 Å². The second-order valence-electron chi connectivity index (χ2n) is 3.91. The van der Waals surface area contributed by atoms with Gasteiger partial charge in [-0.25, -0.2) is 0 Å². The minimum Gasteiger partial charge on any atom is -0.345 e. The predicted octanol–water partition coefficient (Wildman–Crippen LogP) is -0.160. The van der Waals surface area contributed by atoms with Crippen LogP contribution in [0.4, 0.5) is 0 Å². The zero-order chi connectivity index (χ0) is 10.2. The molecule has 2 fully saturated rings. The van der Waals surface area contributed by atoms with E-state index in [1.54, 1.807) is 4.90 Å². The first-order chi connectivity index (χ1) is 6.65. The van der Waals surface area contributed by atoms with E-state index in [1.165, 1.54) is 12.8 Å². The van der Waals surface area contributed by atoms with Crippen molar-refractivity contribution in [3.63, 3.8) is 0 Å². The third-order valence-electron chi connectivity index (χ3n) is 2.84. The quantitative estimate of drug-likeness (QED) is 0.710. The van der Waals surface area contributed by atoms with Gasteiger partial charge in [-0.1, -0.05) is 0 Å². The molecule has 2 aliphatic rings. The van der Waals surface area contributed by atoms with E-state index in [-0.39, 0.29) is 29.7 Å². The molecule has 0 bridgehead atoms. The lowest BCUT2D eigenvalue weighted by atomic mass is 10.3. The predicted molar refractivity (Wildman–Crippen MR) is 55.1 cm³/mol. The third-order valence-corrected chi connectivity index (χ3v) is 4.25. The molecule has 0 aromatic rings. The van der Waals surface area contributed by atoms with E-state index in [2.05, 4.69) is 11.6 Å². The Morgan fingerprint density at radius 1 is 1.50 bits per heavy atom. The van der Waals surface area contributed by atoms with Crippen LogP contribution in [0, 0.1) is 0 Å². The van der Waals surface area contributed by atoms with Gasteiger partial charge in [-0.05, 0) is 19.1 Å². The molecule has 0 aromatic heterocycles.